The first-order chi connectivity index (χ1) is 9.61. The summed E-state index contributed by atoms with van der Waals surface area (Å²) in [4.78, 5) is 11.8. The summed E-state index contributed by atoms with van der Waals surface area (Å²) < 4.78 is 9.31. The minimum absolute atomic E-state index is 0.0714. The molecule has 0 unspecified atom stereocenters. The highest BCUT2D eigenvalue weighted by Crippen LogP contribution is 2.09. The second-order valence-corrected chi connectivity index (χ2v) is 3.84. The highest BCUT2D eigenvalue weighted by atomic mass is 16.8. The Kier molecular flexibility index (Phi) is 3.94. The Morgan fingerprint density at radius 2 is 2.20 bits per heavy atom. The molecule has 0 aliphatic rings. The SMILES string of the molecule is COc1ccc(C=NNC(=O)c2no[n+]([O-])c2C)cc1. The number of rotatable bonds is 4. The molecule has 0 saturated heterocycles. The van der Waals surface area contributed by atoms with Crippen LogP contribution in [-0.4, -0.2) is 24.4 Å². The zero-order valence-corrected chi connectivity index (χ0v) is 10.9. The molecule has 0 radical (unpaired) electrons. The molecular formula is C12H12N4O4. The highest BCUT2D eigenvalue weighted by Gasteiger charge is 2.22. The van der Waals surface area contributed by atoms with Crippen LogP contribution in [-0.2, 0) is 0 Å². The van der Waals surface area contributed by atoms with Gasteiger partial charge >= 0.3 is 11.6 Å². The smallest absolute Gasteiger partial charge is 0.322 e. The predicted octanol–water partition coefficient (Wildman–Crippen LogP) is 0.389. The number of benzene rings is 1. The number of ether oxygens (including phenoxy) is 1. The van der Waals surface area contributed by atoms with Gasteiger partial charge in [-0.1, -0.05) is 0 Å². The van der Waals surface area contributed by atoms with Crippen molar-refractivity contribution in [3.8, 4) is 5.75 Å². The van der Waals surface area contributed by atoms with Crippen molar-refractivity contribution in [1.82, 2.24) is 10.6 Å². The van der Waals surface area contributed by atoms with E-state index in [4.69, 9.17) is 4.74 Å². The monoisotopic (exact) mass is 276 g/mol. The Balaban J connectivity index is 1.98. The summed E-state index contributed by atoms with van der Waals surface area (Å²) in [5, 5.41) is 18.1. The van der Waals surface area contributed by atoms with Crippen LogP contribution in [0.15, 0.2) is 34.0 Å². The fourth-order valence-corrected chi connectivity index (χ4v) is 1.41. The lowest BCUT2D eigenvalue weighted by molar-refractivity contribution is -0.806. The van der Waals surface area contributed by atoms with Gasteiger partial charge in [-0.3, -0.25) is 9.42 Å². The first-order valence-electron chi connectivity index (χ1n) is 5.65. The molecule has 0 spiro atoms. The molecule has 2 aromatic rings. The van der Waals surface area contributed by atoms with E-state index in [9.17, 15) is 10.0 Å². The van der Waals surface area contributed by atoms with Crippen molar-refractivity contribution in [2.75, 3.05) is 7.11 Å². The van der Waals surface area contributed by atoms with E-state index in [0.717, 1.165) is 11.3 Å². The zero-order chi connectivity index (χ0) is 14.5. The van der Waals surface area contributed by atoms with Crippen molar-refractivity contribution in [3.63, 3.8) is 0 Å². The second kappa shape index (κ2) is 5.83. The average molecular weight is 276 g/mol. The fraction of sp³-hybridized carbons (Fsp3) is 0.167. The van der Waals surface area contributed by atoms with Crippen LogP contribution in [0.1, 0.15) is 21.7 Å². The number of nitrogens with one attached hydrogen (secondary N) is 1. The molecular weight excluding hydrogens is 264 g/mol. The van der Waals surface area contributed by atoms with Crippen LogP contribution in [0.4, 0.5) is 0 Å². The van der Waals surface area contributed by atoms with E-state index in [-0.39, 0.29) is 16.3 Å². The van der Waals surface area contributed by atoms with E-state index in [1.165, 1.54) is 13.1 Å². The van der Waals surface area contributed by atoms with E-state index in [2.05, 4.69) is 20.3 Å². The van der Waals surface area contributed by atoms with E-state index < -0.39 is 5.91 Å². The molecule has 2 rings (SSSR count). The van der Waals surface area contributed by atoms with Crippen LogP contribution in [0.2, 0.25) is 0 Å². The third-order valence-electron chi connectivity index (χ3n) is 2.53. The van der Waals surface area contributed by atoms with Crippen molar-refractivity contribution in [2.45, 2.75) is 6.92 Å². The lowest BCUT2D eigenvalue weighted by Crippen LogP contribution is -2.28. The van der Waals surface area contributed by atoms with E-state index in [1.54, 1.807) is 31.4 Å². The molecule has 1 amide bonds. The van der Waals surface area contributed by atoms with Gasteiger partial charge in [-0.2, -0.15) is 5.10 Å². The topological polar surface area (TPSA) is 104 Å². The summed E-state index contributed by atoms with van der Waals surface area (Å²) in [6.07, 6.45) is 1.46. The maximum absolute atomic E-state index is 11.6. The van der Waals surface area contributed by atoms with Gasteiger partial charge in [-0.05, 0) is 34.7 Å². The molecule has 1 heterocycles. The molecule has 104 valence electrons. The number of carbonyl (C=O) groups is 1. The number of hydrazone groups is 1. The summed E-state index contributed by atoms with van der Waals surface area (Å²) in [5.41, 5.74) is 3.00. The van der Waals surface area contributed by atoms with Gasteiger partial charge in [0, 0.05) is 6.92 Å². The Morgan fingerprint density at radius 1 is 1.50 bits per heavy atom. The van der Waals surface area contributed by atoms with Crippen molar-refractivity contribution < 1.29 is 19.1 Å². The average Bonchev–Trinajstić information content (AvgIpc) is 2.80. The van der Waals surface area contributed by atoms with Gasteiger partial charge in [0.2, 0.25) is 5.69 Å². The van der Waals surface area contributed by atoms with Crippen LogP contribution in [0.25, 0.3) is 0 Å². The molecule has 8 heteroatoms. The number of hydrogen-bond donors (Lipinski definition) is 1. The summed E-state index contributed by atoms with van der Waals surface area (Å²) in [5.74, 6) is 0.106. The number of hydrogen-bond acceptors (Lipinski definition) is 6. The zero-order valence-electron chi connectivity index (χ0n) is 10.9. The normalized spacial score (nSPS) is 10.7. The van der Waals surface area contributed by atoms with Gasteiger partial charge in [-0.25, -0.2) is 5.43 Å². The molecule has 0 fully saturated rings. The molecule has 0 bridgehead atoms. The van der Waals surface area contributed by atoms with Crippen LogP contribution in [0.5, 0.6) is 5.75 Å². The molecule has 1 aromatic heterocycles. The third-order valence-corrected chi connectivity index (χ3v) is 2.53. The minimum Gasteiger partial charge on any atom is -0.497 e. The van der Waals surface area contributed by atoms with Crippen LogP contribution in [0, 0.1) is 12.1 Å². The Labute approximate surface area is 114 Å². The van der Waals surface area contributed by atoms with Crippen molar-refractivity contribution in [3.05, 3.63) is 46.4 Å². The number of nitrogens with zero attached hydrogens (tertiary/aromatic N) is 3. The number of methoxy groups -OCH3 is 1. The van der Waals surface area contributed by atoms with Crippen LogP contribution >= 0.6 is 0 Å². The van der Waals surface area contributed by atoms with Crippen molar-refractivity contribution in [1.29, 1.82) is 0 Å². The van der Waals surface area contributed by atoms with Crippen LogP contribution in [0.3, 0.4) is 0 Å². The molecule has 0 saturated carbocycles. The summed E-state index contributed by atoms with van der Waals surface area (Å²) in [6, 6.07) is 7.10. The molecule has 0 atom stereocenters. The van der Waals surface area contributed by atoms with Gasteiger partial charge in [0.05, 0.1) is 18.5 Å². The minimum atomic E-state index is -0.620. The largest absolute Gasteiger partial charge is 0.497 e. The first-order valence-corrected chi connectivity index (χ1v) is 5.65. The molecule has 8 nitrogen and oxygen atoms in total. The highest BCUT2D eigenvalue weighted by molar-refractivity contribution is 5.93. The van der Waals surface area contributed by atoms with Crippen LogP contribution < -0.4 is 15.1 Å². The number of carbonyl (C=O) groups excluding carboxylic acids is 1. The summed E-state index contributed by atoms with van der Waals surface area (Å²) >= 11 is 0. The summed E-state index contributed by atoms with van der Waals surface area (Å²) in [7, 11) is 1.58. The van der Waals surface area contributed by atoms with Crippen molar-refractivity contribution in [2.24, 2.45) is 5.10 Å². The fourth-order valence-electron chi connectivity index (χ4n) is 1.41. The predicted molar refractivity (Wildman–Crippen MR) is 68.3 cm³/mol. The molecule has 0 aliphatic carbocycles. The maximum Gasteiger partial charge on any atom is 0.322 e. The molecule has 0 aliphatic heterocycles. The van der Waals surface area contributed by atoms with Crippen molar-refractivity contribution >= 4 is 12.1 Å². The van der Waals surface area contributed by atoms with E-state index >= 15 is 0 Å². The van der Waals surface area contributed by atoms with E-state index in [1.807, 2.05) is 0 Å². The number of amides is 1. The Morgan fingerprint density at radius 3 is 2.75 bits per heavy atom. The van der Waals surface area contributed by atoms with Gasteiger partial charge < -0.3 is 9.94 Å². The first kappa shape index (κ1) is 13.5. The third kappa shape index (κ3) is 2.91. The quantitative estimate of drug-likeness (QED) is 0.494. The maximum atomic E-state index is 11.6. The lowest BCUT2D eigenvalue weighted by Gasteiger charge is -1.98. The number of aromatic nitrogens is 2. The molecule has 1 N–H and O–H groups in total. The second-order valence-electron chi connectivity index (χ2n) is 3.84. The molecule has 20 heavy (non-hydrogen) atoms. The van der Waals surface area contributed by atoms with E-state index in [0.29, 0.717) is 0 Å². The molecule has 1 aromatic carbocycles. The van der Waals surface area contributed by atoms with Gasteiger partial charge in [0.25, 0.3) is 0 Å². The Bertz CT molecular complexity index is 633. The van der Waals surface area contributed by atoms with Gasteiger partial charge in [0.15, 0.2) is 0 Å². The lowest BCUT2D eigenvalue weighted by atomic mass is 10.2. The van der Waals surface area contributed by atoms with Gasteiger partial charge in [-0.15, -0.1) is 0 Å². The standard InChI is InChI=1S/C12H12N4O4/c1-8-11(15-20-16(8)18)12(17)14-13-7-9-3-5-10(19-2)6-4-9/h3-7H,1-2H3,(H,14,17). The summed E-state index contributed by atoms with van der Waals surface area (Å²) in [6.45, 7) is 1.42. The van der Waals surface area contributed by atoms with Gasteiger partial charge in [0.1, 0.15) is 5.75 Å². The Hall–Kier alpha value is -2.90.